The molecule has 7 nitrogen and oxygen atoms in total. The molecule has 0 aromatic carbocycles. The summed E-state index contributed by atoms with van der Waals surface area (Å²) < 4.78 is 24.4. The lowest BCUT2D eigenvalue weighted by Crippen LogP contribution is -2.43. The van der Waals surface area contributed by atoms with Crippen LogP contribution in [-0.4, -0.2) is 47.9 Å². The Hall–Kier alpha value is -1.54. The predicted molar refractivity (Wildman–Crippen MR) is 74.5 cm³/mol. The molecule has 1 aliphatic heterocycles. The smallest absolute Gasteiger partial charge is 0.231 e. The third kappa shape index (κ3) is 3.73. The Morgan fingerprint density at radius 2 is 2.25 bits per heavy atom. The molecule has 1 saturated heterocycles. The second-order valence-electron chi connectivity index (χ2n) is 4.97. The Labute approximate surface area is 118 Å². The van der Waals surface area contributed by atoms with Crippen molar-refractivity contribution < 1.29 is 13.2 Å². The number of amides is 1. The standard InChI is InChI=1S/C12H18N4O3S/c1-9-5-6-13-12(14-9)15-11(17)10-4-3-7-16(8-10)20(2,18)19/h5-6,10H,3-4,7-8H2,1-2H3,(H,13,14,15,17)/t10-/m1/s1. The molecular weight excluding hydrogens is 280 g/mol. The van der Waals surface area contributed by atoms with E-state index in [4.69, 9.17) is 0 Å². The molecule has 1 fully saturated rings. The maximum absolute atomic E-state index is 12.1. The first-order chi connectivity index (χ1) is 9.36. The van der Waals surface area contributed by atoms with Gasteiger partial charge in [0.25, 0.3) is 0 Å². The predicted octanol–water partition coefficient (Wildman–Crippen LogP) is 0.395. The first kappa shape index (κ1) is 14.9. The van der Waals surface area contributed by atoms with Gasteiger partial charge in [-0.1, -0.05) is 0 Å². The average molecular weight is 298 g/mol. The van der Waals surface area contributed by atoms with Crippen molar-refractivity contribution in [1.82, 2.24) is 14.3 Å². The number of nitrogens with one attached hydrogen (secondary N) is 1. The highest BCUT2D eigenvalue weighted by atomic mass is 32.2. The third-order valence-electron chi connectivity index (χ3n) is 3.25. The minimum absolute atomic E-state index is 0.219. The maximum atomic E-state index is 12.1. The summed E-state index contributed by atoms with van der Waals surface area (Å²) in [7, 11) is -3.25. The van der Waals surface area contributed by atoms with Gasteiger partial charge in [0.2, 0.25) is 21.9 Å². The SMILES string of the molecule is Cc1ccnc(NC(=O)[C@@H]2CCCN(S(C)(=O)=O)C2)n1. The van der Waals surface area contributed by atoms with Crippen LogP contribution in [0.25, 0.3) is 0 Å². The Morgan fingerprint density at radius 1 is 1.50 bits per heavy atom. The van der Waals surface area contributed by atoms with E-state index in [1.54, 1.807) is 12.3 Å². The normalized spacial score (nSPS) is 20.6. The van der Waals surface area contributed by atoms with Crippen molar-refractivity contribution in [3.8, 4) is 0 Å². The van der Waals surface area contributed by atoms with Crippen LogP contribution in [0.1, 0.15) is 18.5 Å². The molecular formula is C12H18N4O3S. The summed E-state index contributed by atoms with van der Waals surface area (Å²) in [6.07, 6.45) is 4.09. The van der Waals surface area contributed by atoms with Gasteiger partial charge in [-0.15, -0.1) is 0 Å². The molecule has 0 spiro atoms. The summed E-state index contributed by atoms with van der Waals surface area (Å²) in [5.41, 5.74) is 0.761. The van der Waals surface area contributed by atoms with Gasteiger partial charge in [-0.2, -0.15) is 0 Å². The van der Waals surface area contributed by atoms with Crippen molar-refractivity contribution in [1.29, 1.82) is 0 Å². The molecule has 2 heterocycles. The van der Waals surface area contributed by atoms with Gasteiger partial charge in [-0.25, -0.2) is 22.7 Å². The lowest BCUT2D eigenvalue weighted by Gasteiger charge is -2.29. The van der Waals surface area contributed by atoms with Crippen LogP contribution in [0, 0.1) is 12.8 Å². The zero-order valence-corrected chi connectivity index (χ0v) is 12.4. The van der Waals surface area contributed by atoms with Crippen LogP contribution in [0.2, 0.25) is 0 Å². The molecule has 2 rings (SSSR count). The van der Waals surface area contributed by atoms with Gasteiger partial charge in [0, 0.05) is 25.0 Å². The molecule has 0 bridgehead atoms. The molecule has 1 amide bonds. The first-order valence-electron chi connectivity index (χ1n) is 6.42. The number of hydrogen-bond acceptors (Lipinski definition) is 5. The van der Waals surface area contributed by atoms with Crippen molar-refractivity contribution in [2.75, 3.05) is 24.7 Å². The van der Waals surface area contributed by atoms with Crippen LogP contribution in [0.15, 0.2) is 12.3 Å². The van der Waals surface area contributed by atoms with Crippen molar-refractivity contribution in [3.63, 3.8) is 0 Å². The number of anilines is 1. The Kier molecular flexibility index (Phi) is 4.34. The number of piperidine rings is 1. The van der Waals surface area contributed by atoms with E-state index in [0.717, 1.165) is 11.9 Å². The number of hydrogen-bond donors (Lipinski definition) is 1. The molecule has 1 aliphatic rings. The van der Waals surface area contributed by atoms with Crippen LogP contribution in [0.3, 0.4) is 0 Å². The molecule has 0 aliphatic carbocycles. The number of rotatable bonds is 3. The van der Waals surface area contributed by atoms with E-state index in [1.165, 1.54) is 4.31 Å². The van der Waals surface area contributed by atoms with Crippen molar-refractivity contribution >= 4 is 21.9 Å². The zero-order valence-electron chi connectivity index (χ0n) is 11.5. The minimum atomic E-state index is -3.25. The van der Waals surface area contributed by atoms with Gasteiger partial charge < -0.3 is 0 Å². The highest BCUT2D eigenvalue weighted by Crippen LogP contribution is 2.19. The summed E-state index contributed by atoms with van der Waals surface area (Å²) in [4.78, 5) is 20.2. The number of carbonyl (C=O) groups excluding carboxylic acids is 1. The largest absolute Gasteiger partial charge is 0.294 e. The van der Waals surface area contributed by atoms with Crippen LogP contribution in [0.4, 0.5) is 5.95 Å². The minimum Gasteiger partial charge on any atom is -0.294 e. The van der Waals surface area contributed by atoms with Crippen LogP contribution in [0.5, 0.6) is 0 Å². The fourth-order valence-corrected chi connectivity index (χ4v) is 3.09. The van der Waals surface area contributed by atoms with Gasteiger partial charge in [0.1, 0.15) is 0 Å². The summed E-state index contributed by atoms with van der Waals surface area (Å²) in [6.45, 7) is 2.50. The van der Waals surface area contributed by atoms with E-state index >= 15 is 0 Å². The molecule has 0 saturated carbocycles. The van der Waals surface area contributed by atoms with Crippen LogP contribution >= 0.6 is 0 Å². The Bertz CT molecular complexity index is 602. The second kappa shape index (κ2) is 5.84. The molecule has 1 aromatic rings. The highest BCUT2D eigenvalue weighted by molar-refractivity contribution is 7.88. The topological polar surface area (TPSA) is 92.3 Å². The lowest BCUT2D eigenvalue weighted by molar-refractivity contribution is -0.120. The van der Waals surface area contributed by atoms with E-state index in [-0.39, 0.29) is 24.3 Å². The fraction of sp³-hybridized carbons (Fsp3) is 0.583. The van der Waals surface area contributed by atoms with E-state index in [1.807, 2.05) is 6.92 Å². The molecule has 1 aromatic heterocycles. The van der Waals surface area contributed by atoms with Gasteiger partial charge >= 0.3 is 0 Å². The van der Waals surface area contributed by atoms with Gasteiger partial charge in [0.15, 0.2) is 0 Å². The van der Waals surface area contributed by atoms with Crippen LogP contribution < -0.4 is 5.32 Å². The molecule has 0 unspecified atom stereocenters. The summed E-state index contributed by atoms with van der Waals surface area (Å²) >= 11 is 0. The first-order valence-corrected chi connectivity index (χ1v) is 8.27. The molecule has 8 heteroatoms. The van der Waals surface area contributed by atoms with Crippen molar-refractivity contribution in [3.05, 3.63) is 18.0 Å². The molecule has 0 radical (unpaired) electrons. The molecule has 1 N–H and O–H groups in total. The monoisotopic (exact) mass is 298 g/mol. The third-order valence-corrected chi connectivity index (χ3v) is 4.52. The quantitative estimate of drug-likeness (QED) is 0.871. The number of sulfonamides is 1. The number of aryl methyl sites for hydroxylation is 1. The van der Waals surface area contributed by atoms with Crippen molar-refractivity contribution in [2.45, 2.75) is 19.8 Å². The molecule has 20 heavy (non-hydrogen) atoms. The Balaban J connectivity index is 2.02. The Morgan fingerprint density at radius 3 is 2.90 bits per heavy atom. The van der Waals surface area contributed by atoms with Gasteiger partial charge in [-0.3, -0.25) is 10.1 Å². The molecule has 1 atom stereocenters. The number of aromatic nitrogens is 2. The zero-order chi connectivity index (χ0) is 14.8. The fourth-order valence-electron chi connectivity index (χ4n) is 2.18. The van der Waals surface area contributed by atoms with Crippen LogP contribution in [-0.2, 0) is 14.8 Å². The average Bonchev–Trinajstić information content (AvgIpc) is 2.38. The maximum Gasteiger partial charge on any atom is 0.231 e. The van der Waals surface area contributed by atoms with Crippen molar-refractivity contribution in [2.24, 2.45) is 5.92 Å². The summed E-state index contributed by atoms with van der Waals surface area (Å²) in [5.74, 6) is -0.335. The summed E-state index contributed by atoms with van der Waals surface area (Å²) in [5, 5.41) is 2.64. The number of carbonyl (C=O) groups is 1. The van der Waals surface area contributed by atoms with E-state index in [9.17, 15) is 13.2 Å². The van der Waals surface area contributed by atoms with E-state index in [0.29, 0.717) is 19.4 Å². The second-order valence-corrected chi connectivity index (χ2v) is 6.95. The van der Waals surface area contributed by atoms with Gasteiger partial charge in [0.05, 0.1) is 12.2 Å². The van der Waals surface area contributed by atoms with Gasteiger partial charge in [-0.05, 0) is 25.8 Å². The lowest BCUT2D eigenvalue weighted by atomic mass is 9.99. The van der Waals surface area contributed by atoms with E-state index in [2.05, 4.69) is 15.3 Å². The van der Waals surface area contributed by atoms with E-state index < -0.39 is 10.0 Å². The summed E-state index contributed by atoms with van der Waals surface area (Å²) in [6, 6.07) is 1.74. The molecule has 110 valence electrons. The number of nitrogens with zero attached hydrogens (tertiary/aromatic N) is 3. The highest BCUT2D eigenvalue weighted by Gasteiger charge is 2.30.